The molecule has 0 aromatic rings. The van der Waals surface area contributed by atoms with Gasteiger partial charge in [-0.1, -0.05) is 148 Å². The second-order valence-corrected chi connectivity index (χ2v) is 17.3. The van der Waals surface area contributed by atoms with E-state index in [9.17, 15) is 40.5 Å². The number of hydrogen-bond donors (Lipinski definition) is 7. The number of esters is 1. The fourth-order valence-electron chi connectivity index (χ4n) is 7.75. The van der Waals surface area contributed by atoms with Gasteiger partial charge in [-0.15, -0.1) is 0 Å². The van der Waals surface area contributed by atoms with Crippen molar-refractivity contribution in [1.29, 1.82) is 0 Å². The van der Waals surface area contributed by atoms with E-state index in [1.807, 2.05) is 0 Å². The molecule has 2 saturated heterocycles. The summed E-state index contributed by atoms with van der Waals surface area (Å²) in [6, 6.07) is 0. The molecule has 2 aliphatic heterocycles. The average Bonchev–Trinajstić information content (AvgIpc) is 3.25. The summed E-state index contributed by atoms with van der Waals surface area (Å²) in [6.45, 7) is 3.68. The highest BCUT2D eigenvalue weighted by atomic mass is 16.7. The molecule has 11 atom stereocenters. The number of carbonyl (C=O) groups excluding carboxylic acids is 1. The Kier molecular flexibility index (Phi) is 33.0. The number of allylic oxidation sites excluding steroid dienone is 2. The van der Waals surface area contributed by atoms with Crippen LogP contribution >= 0.6 is 0 Å². The van der Waals surface area contributed by atoms with Gasteiger partial charge in [-0.25, -0.2) is 0 Å². The molecule has 2 fully saturated rings. The summed E-state index contributed by atoms with van der Waals surface area (Å²) in [5.41, 5.74) is 0. The maximum atomic E-state index is 13.0. The minimum Gasteiger partial charge on any atom is -0.457 e. The fourth-order valence-corrected chi connectivity index (χ4v) is 7.75. The Bertz CT molecular complexity index is 1060. The monoisotopic (exact) mass is 877 g/mol. The van der Waals surface area contributed by atoms with Crippen molar-refractivity contribution in [3.63, 3.8) is 0 Å². The maximum Gasteiger partial charge on any atom is 0.306 e. The van der Waals surface area contributed by atoms with Gasteiger partial charge in [-0.05, 0) is 38.5 Å². The molecule has 14 heteroatoms. The highest BCUT2D eigenvalue weighted by Crippen LogP contribution is 2.26. The Labute approximate surface area is 367 Å². The van der Waals surface area contributed by atoms with Crippen LogP contribution in [0, 0.1) is 0 Å². The molecule has 2 heterocycles. The normalized spacial score (nSPS) is 27.5. The quantitative estimate of drug-likeness (QED) is 0.0206. The Morgan fingerprint density at radius 2 is 0.967 bits per heavy atom. The molecule has 0 aromatic heterocycles. The lowest BCUT2D eigenvalue weighted by Gasteiger charge is -2.42. The highest BCUT2D eigenvalue weighted by molar-refractivity contribution is 5.69. The molecular formula is C47H88O14. The third-order valence-corrected chi connectivity index (χ3v) is 11.8. The lowest BCUT2D eigenvalue weighted by Crippen LogP contribution is -2.61. The van der Waals surface area contributed by atoms with Crippen molar-refractivity contribution in [2.45, 2.75) is 248 Å². The molecule has 0 amide bonds. The molecular weight excluding hydrogens is 789 g/mol. The molecule has 14 nitrogen and oxygen atoms in total. The average molecular weight is 877 g/mol. The molecule has 2 aliphatic rings. The molecule has 0 aromatic carbocycles. The molecule has 0 aliphatic carbocycles. The molecule has 7 N–H and O–H groups in total. The standard InChI is InChI=1S/C47H88O14/c1-3-5-7-9-11-13-15-16-17-18-19-20-21-22-24-26-28-30-39(49)59-36(33-56-31-29-27-25-23-14-12-10-8-6-4-2)34-57-46-45(55)43(53)41(51)38(61-46)35-58-47-44(54)42(52)40(50)37(32-48)60-47/h16-17,36-38,40-48,50-55H,3-15,18-35H2,1-2H3/b17-16-. The smallest absolute Gasteiger partial charge is 0.306 e. The lowest BCUT2D eigenvalue weighted by molar-refractivity contribution is -0.332. The van der Waals surface area contributed by atoms with Crippen LogP contribution < -0.4 is 0 Å². The summed E-state index contributed by atoms with van der Waals surface area (Å²) in [6.07, 6.45) is 18.5. The number of unbranched alkanes of at least 4 members (excludes halogenated alkanes) is 22. The molecule has 0 bridgehead atoms. The summed E-state index contributed by atoms with van der Waals surface area (Å²) >= 11 is 0. The largest absolute Gasteiger partial charge is 0.457 e. The minimum absolute atomic E-state index is 0.0645. The van der Waals surface area contributed by atoms with Gasteiger partial charge in [0.05, 0.1) is 26.4 Å². The van der Waals surface area contributed by atoms with Crippen LogP contribution in [-0.4, -0.2) is 142 Å². The van der Waals surface area contributed by atoms with Crippen molar-refractivity contribution in [2.24, 2.45) is 0 Å². The van der Waals surface area contributed by atoms with Gasteiger partial charge in [0.2, 0.25) is 0 Å². The van der Waals surface area contributed by atoms with Crippen molar-refractivity contribution in [3.05, 3.63) is 12.2 Å². The molecule has 0 saturated carbocycles. The lowest BCUT2D eigenvalue weighted by atomic mass is 9.98. The first kappa shape index (κ1) is 55.9. The van der Waals surface area contributed by atoms with E-state index < -0.39 is 80.7 Å². The maximum absolute atomic E-state index is 13.0. The number of ether oxygens (including phenoxy) is 6. The zero-order valence-corrected chi connectivity index (χ0v) is 37.9. The zero-order chi connectivity index (χ0) is 44.5. The first-order valence-corrected chi connectivity index (χ1v) is 24.3. The minimum atomic E-state index is -1.70. The summed E-state index contributed by atoms with van der Waals surface area (Å²) in [7, 11) is 0. The number of hydrogen-bond acceptors (Lipinski definition) is 14. The van der Waals surface area contributed by atoms with Crippen LogP contribution in [0.25, 0.3) is 0 Å². The highest BCUT2D eigenvalue weighted by Gasteiger charge is 2.47. The number of aliphatic hydroxyl groups excluding tert-OH is 7. The van der Waals surface area contributed by atoms with E-state index in [1.165, 1.54) is 109 Å². The Balaban J connectivity index is 1.77. The Morgan fingerprint density at radius 1 is 0.525 bits per heavy atom. The summed E-state index contributed by atoms with van der Waals surface area (Å²) in [5.74, 6) is -0.379. The molecule has 61 heavy (non-hydrogen) atoms. The Morgan fingerprint density at radius 3 is 1.49 bits per heavy atom. The van der Waals surface area contributed by atoms with E-state index in [0.29, 0.717) is 13.0 Å². The Hall–Kier alpha value is -1.27. The fraction of sp³-hybridized carbons (Fsp3) is 0.936. The van der Waals surface area contributed by atoms with Gasteiger partial charge in [0.15, 0.2) is 12.6 Å². The SMILES string of the molecule is CCCCCCCC/C=C\CCCCCCCCCC(=O)OC(COCCCCCCCCCCCC)COC1OC(COC2OC(CO)C(O)C(O)C2O)C(O)C(O)C1O. The number of aliphatic hydroxyl groups is 7. The molecule has 11 unspecified atom stereocenters. The van der Waals surface area contributed by atoms with Gasteiger partial charge in [0.1, 0.15) is 54.9 Å². The van der Waals surface area contributed by atoms with Crippen molar-refractivity contribution in [3.8, 4) is 0 Å². The van der Waals surface area contributed by atoms with Crippen LogP contribution in [0.5, 0.6) is 0 Å². The summed E-state index contributed by atoms with van der Waals surface area (Å²) in [4.78, 5) is 13.0. The predicted molar refractivity (Wildman–Crippen MR) is 234 cm³/mol. The second-order valence-electron chi connectivity index (χ2n) is 17.3. The third-order valence-electron chi connectivity index (χ3n) is 11.8. The predicted octanol–water partition coefficient (Wildman–Crippen LogP) is 6.29. The van der Waals surface area contributed by atoms with Gasteiger partial charge in [0.25, 0.3) is 0 Å². The summed E-state index contributed by atoms with van der Waals surface area (Å²) in [5, 5.41) is 71.9. The van der Waals surface area contributed by atoms with E-state index in [2.05, 4.69) is 26.0 Å². The summed E-state index contributed by atoms with van der Waals surface area (Å²) < 4.78 is 34.2. The van der Waals surface area contributed by atoms with E-state index in [-0.39, 0.29) is 25.6 Å². The van der Waals surface area contributed by atoms with Crippen LogP contribution in [0.1, 0.15) is 181 Å². The molecule has 0 spiro atoms. The van der Waals surface area contributed by atoms with Gasteiger partial charge in [-0.3, -0.25) is 4.79 Å². The van der Waals surface area contributed by atoms with E-state index in [1.54, 1.807) is 0 Å². The van der Waals surface area contributed by atoms with Crippen molar-refractivity contribution in [2.75, 3.05) is 33.0 Å². The van der Waals surface area contributed by atoms with Crippen molar-refractivity contribution >= 4 is 5.97 Å². The van der Waals surface area contributed by atoms with Crippen LogP contribution in [0.4, 0.5) is 0 Å². The van der Waals surface area contributed by atoms with Crippen molar-refractivity contribution in [1.82, 2.24) is 0 Å². The zero-order valence-electron chi connectivity index (χ0n) is 37.9. The molecule has 360 valence electrons. The second kappa shape index (κ2) is 36.0. The van der Waals surface area contributed by atoms with Crippen LogP contribution in [0.15, 0.2) is 12.2 Å². The van der Waals surface area contributed by atoms with Crippen LogP contribution in [-0.2, 0) is 33.2 Å². The van der Waals surface area contributed by atoms with Gasteiger partial charge in [0, 0.05) is 13.0 Å². The third kappa shape index (κ3) is 24.6. The van der Waals surface area contributed by atoms with E-state index >= 15 is 0 Å². The van der Waals surface area contributed by atoms with Gasteiger partial charge in [-0.2, -0.15) is 0 Å². The van der Waals surface area contributed by atoms with E-state index in [0.717, 1.165) is 44.9 Å². The van der Waals surface area contributed by atoms with Crippen LogP contribution in [0.3, 0.4) is 0 Å². The number of rotatable bonds is 38. The number of carbonyl (C=O) groups is 1. The van der Waals surface area contributed by atoms with Crippen molar-refractivity contribution < 1.29 is 69.0 Å². The first-order valence-electron chi connectivity index (χ1n) is 24.3. The molecule has 0 radical (unpaired) electrons. The first-order chi connectivity index (χ1) is 29.6. The molecule has 2 rings (SSSR count). The van der Waals surface area contributed by atoms with E-state index in [4.69, 9.17) is 28.4 Å². The topological polar surface area (TPSA) is 214 Å². The van der Waals surface area contributed by atoms with Crippen LogP contribution in [0.2, 0.25) is 0 Å². The van der Waals surface area contributed by atoms with Gasteiger partial charge >= 0.3 is 5.97 Å². The van der Waals surface area contributed by atoms with Gasteiger partial charge < -0.3 is 64.2 Å².